The van der Waals surface area contributed by atoms with Crippen LogP contribution in [0.15, 0.2) is 24.3 Å². The molecular formula is C13H18ClF3N2O3. The van der Waals surface area contributed by atoms with E-state index in [1.54, 1.807) is 6.07 Å². The highest BCUT2D eigenvalue weighted by atomic mass is 35.5. The maximum Gasteiger partial charge on any atom is 0.573 e. The van der Waals surface area contributed by atoms with Gasteiger partial charge in [0, 0.05) is 20.7 Å². The number of halogens is 4. The van der Waals surface area contributed by atoms with E-state index in [1.807, 2.05) is 0 Å². The van der Waals surface area contributed by atoms with E-state index in [9.17, 15) is 18.0 Å². The summed E-state index contributed by atoms with van der Waals surface area (Å²) in [6.07, 6.45) is -4.75. The number of hydrogen-bond acceptors (Lipinski definition) is 4. The van der Waals surface area contributed by atoms with E-state index in [0.717, 1.165) is 0 Å². The monoisotopic (exact) mass is 342 g/mol. The van der Waals surface area contributed by atoms with Crippen molar-refractivity contribution < 1.29 is 27.4 Å². The minimum absolute atomic E-state index is 0. The highest BCUT2D eigenvalue weighted by Gasteiger charge is 2.31. The van der Waals surface area contributed by atoms with Gasteiger partial charge in [0.2, 0.25) is 5.91 Å². The molecule has 0 aliphatic heterocycles. The summed E-state index contributed by atoms with van der Waals surface area (Å²) in [6.45, 7) is 0.186. The predicted molar refractivity (Wildman–Crippen MR) is 76.7 cm³/mol. The SMILES string of the molecule is COCC(N)C(=O)N(C)Cc1cccc(OC(F)(F)F)c1.Cl. The summed E-state index contributed by atoms with van der Waals surface area (Å²) < 4.78 is 45.0. The van der Waals surface area contributed by atoms with Crippen LogP contribution in [-0.4, -0.2) is 44.0 Å². The van der Waals surface area contributed by atoms with Crippen molar-refractivity contribution in [2.24, 2.45) is 5.73 Å². The number of amides is 1. The Morgan fingerprint density at radius 3 is 2.59 bits per heavy atom. The van der Waals surface area contributed by atoms with Crippen LogP contribution in [0.2, 0.25) is 0 Å². The second kappa shape index (κ2) is 8.82. The maximum absolute atomic E-state index is 12.1. The number of benzene rings is 1. The molecule has 2 N–H and O–H groups in total. The molecule has 1 rings (SSSR count). The van der Waals surface area contributed by atoms with Gasteiger partial charge in [-0.2, -0.15) is 0 Å². The highest BCUT2D eigenvalue weighted by Crippen LogP contribution is 2.23. The molecule has 0 saturated heterocycles. The van der Waals surface area contributed by atoms with E-state index >= 15 is 0 Å². The second-order valence-electron chi connectivity index (χ2n) is 4.45. The quantitative estimate of drug-likeness (QED) is 0.858. The fraction of sp³-hybridized carbons (Fsp3) is 0.462. The third kappa shape index (κ3) is 6.97. The van der Waals surface area contributed by atoms with Gasteiger partial charge in [-0.15, -0.1) is 25.6 Å². The molecule has 1 aromatic rings. The first-order valence-electron chi connectivity index (χ1n) is 6.07. The van der Waals surface area contributed by atoms with Crippen LogP contribution >= 0.6 is 12.4 Å². The van der Waals surface area contributed by atoms with Gasteiger partial charge in [-0.25, -0.2) is 0 Å². The molecular weight excluding hydrogens is 325 g/mol. The van der Waals surface area contributed by atoms with Crippen LogP contribution in [0.3, 0.4) is 0 Å². The lowest BCUT2D eigenvalue weighted by Crippen LogP contribution is -2.44. The lowest BCUT2D eigenvalue weighted by molar-refractivity contribution is -0.274. The molecule has 0 fully saturated rings. The van der Waals surface area contributed by atoms with Crippen molar-refractivity contribution in [1.82, 2.24) is 4.90 Å². The standard InChI is InChI=1S/C13H17F3N2O3.ClH/c1-18(12(19)11(17)8-20-2)7-9-4-3-5-10(6-9)21-13(14,15)16;/h3-6,11H,7-8,17H2,1-2H3;1H. The number of rotatable bonds is 6. The Bertz CT molecular complexity index is 486. The zero-order valence-electron chi connectivity index (χ0n) is 12.1. The van der Waals surface area contributed by atoms with Crippen molar-refractivity contribution in [2.75, 3.05) is 20.8 Å². The molecule has 0 aliphatic rings. The molecule has 1 unspecified atom stereocenters. The molecule has 0 heterocycles. The Labute approximate surface area is 132 Å². The minimum Gasteiger partial charge on any atom is -0.406 e. The zero-order chi connectivity index (χ0) is 16.0. The minimum atomic E-state index is -4.75. The molecule has 1 amide bonds. The summed E-state index contributed by atoms with van der Waals surface area (Å²) in [5, 5.41) is 0. The van der Waals surface area contributed by atoms with E-state index in [4.69, 9.17) is 10.5 Å². The van der Waals surface area contributed by atoms with Crippen LogP contribution < -0.4 is 10.5 Å². The Morgan fingerprint density at radius 1 is 1.41 bits per heavy atom. The van der Waals surface area contributed by atoms with Crippen LogP contribution in [0.1, 0.15) is 5.56 Å². The van der Waals surface area contributed by atoms with E-state index in [-0.39, 0.29) is 37.2 Å². The lowest BCUT2D eigenvalue weighted by Gasteiger charge is -2.21. The van der Waals surface area contributed by atoms with Crippen molar-refractivity contribution in [1.29, 1.82) is 0 Å². The molecule has 0 aliphatic carbocycles. The maximum atomic E-state index is 12.1. The molecule has 0 spiro atoms. The van der Waals surface area contributed by atoms with Crippen molar-refractivity contribution >= 4 is 18.3 Å². The smallest absolute Gasteiger partial charge is 0.406 e. The van der Waals surface area contributed by atoms with Gasteiger partial charge in [0.1, 0.15) is 11.8 Å². The Hall–Kier alpha value is -1.51. The molecule has 22 heavy (non-hydrogen) atoms. The molecule has 0 radical (unpaired) electrons. The summed E-state index contributed by atoms with van der Waals surface area (Å²) in [5.74, 6) is -0.693. The van der Waals surface area contributed by atoms with Gasteiger partial charge in [-0.1, -0.05) is 12.1 Å². The van der Waals surface area contributed by atoms with Crippen molar-refractivity contribution in [3.63, 3.8) is 0 Å². The van der Waals surface area contributed by atoms with E-state index < -0.39 is 12.4 Å². The van der Waals surface area contributed by atoms with Crippen molar-refractivity contribution in [3.8, 4) is 5.75 Å². The highest BCUT2D eigenvalue weighted by molar-refractivity contribution is 5.85. The summed E-state index contributed by atoms with van der Waals surface area (Å²) in [7, 11) is 2.93. The fourth-order valence-corrected chi connectivity index (χ4v) is 1.73. The molecule has 9 heteroatoms. The number of nitrogens with two attached hydrogens (primary N) is 1. The van der Waals surface area contributed by atoms with Crippen LogP contribution in [0, 0.1) is 0 Å². The number of likely N-dealkylation sites (N-methyl/N-ethyl adjacent to an activating group) is 1. The molecule has 0 aromatic heterocycles. The number of hydrogen-bond donors (Lipinski definition) is 1. The molecule has 1 aromatic carbocycles. The zero-order valence-corrected chi connectivity index (χ0v) is 12.9. The van der Waals surface area contributed by atoms with Gasteiger partial charge in [0.25, 0.3) is 0 Å². The summed E-state index contributed by atoms with van der Waals surface area (Å²) in [6, 6.07) is 4.61. The first-order chi connectivity index (χ1) is 9.73. The molecule has 0 bridgehead atoms. The summed E-state index contributed by atoms with van der Waals surface area (Å²) >= 11 is 0. The lowest BCUT2D eigenvalue weighted by atomic mass is 10.2. The summed E-state index contributed by atoms with van der Waals surface area (Å²) in [4.78, 5) is 13.2. The third-order valence-electron chi connectivity index (χ3n) is 2.59. The summed E-state index contributed by atoms with van der Waals surface area (Å²) in [5.41, 5.74) is 6.10. The van der Waals surface area contributed by atoms with E-state index in [2.05, 4.69) is 4.74 Å². The van der Waals surface area contributed by atoms with E-state index in [1.165, 1.54) is 37.3 Å². The molecule has 5 nitrogen and oxygen atoms in total. The second-order valence-corrected chi connectivity index (χ2v) is 4.45. The number of nitrogens with zero attached hydrogens (tertiary/aromatic N) is 1. The predicted octanol–water partition coefficient (Wildman–Crippen LogP) is 1.94. The number of alkyl halides is 3. The first-order valence-corrected chi connectivity index (χ1v) is 6.07. The number of carbonyl (C=O) groups excluding carboxylic acids is 1. The molecule has 126 valence electrons. The van der Waals surface area contributed by atoms with Crippen LogP contribution in [0.5, 0.6) is 5.75 Å². The van der Waals surface area contributed by atoms with Gasteiger partial charge in [-0.05, 0) is 17.7 Å². The van der Waals surface area contributed by atoms with Crippen LogP contribution in [-0.2, 0) is 16.1 Å². The first kappa shape index (κ1) is 20.5. The topological polar surface area (TPSA) is 64.8 Å². The van der Waals surface area contributed by atoms with Gasteiger partial charge >= 0.3 is 6.36 Å². The van der Waals surface area contributed by atoms with E-state index in [0.29, 0.717) is 5.56 Å². The van der Waals surface area contributed by atoms with Crippen molar-refractivity contribution in [2.45, 2.75) is 18.9 Å². The molecule has 1 atom stereocenters. The number of carbonyl (C=O) groups is 1. The fourth-order valence-electron chi connectivity index (χ4n) is 1.73. The van der Waals surface area contributed by atoms with Gasteiger partial charge in [0.05, 0.1) is 6.61 Å². The third-order valence-corrected chi connectivity index (χ3v) is 2.59. The van der Waals surface area contributed by atoms with Gasteiger partial charge in [-0.3, -0.25) is 4.79 Å². The van der Waals surface area contributed by atoms with Crippen molar-refractivity contribution in [3.05, 3.63) is 29.8 Å². The number of ether oxygens (including phenoxy) is 2. The van der Waals surface area contributed by atoms with Crippen LogP contribution in [0.25, 0.3) is 0 Å². The van der Waals surface area contributed by atoms with Crippen LogP contribution in [0.4, 0.5) is 13.2 Å². The largest absolute Gasteiger partial charge is 0.573 e. The van der Waals surface area contributed by atoms with Gasteiger partial charge < -0.3 is 20.1 Å². The molecule has 0 saturated carbocycles. The Morgan fingerprint density at radius 2 is 2.05 bits per heavy atom. The van der Waals surface area contributed by atoms with Gasteiger partial charge in [0.15, 0.2) is 0 Å². The average Bonchev–Trinajstić information content (AvgIpc) is 2.36. The Balaban J connectivity index is 0.00000441. The average molecular weight is 343 g/mol. The Kier molecular flexibility index (Phi) is 8.21. The normalized spacial score (nSPS) is 12.3. The number of methoxy groups -OCH3 is 1.